The SMILES string of the molecule is CNCCC(O)NC(=O)CC(C)(C)C. The van der Waals surface area contributed by atoms with Crippen molar-refractivity contribution in [1.82, 2.24) is 10.6 Å². The Morgan fingerprint density at radius 1 is 1.43 bits per heavy atom. The second-order valence-electron chi connectivity index (χ2n) is 4.71. The zero-order chi connectivity index (χ0) is 11.2. The molecule has 14 heavy (non-hydrogen) atoms. The molecule has 3 N–H and O–H groups in total. The van der Waals surface area contributed by atoms with Crippen LogP contribution in [-0.4, -0.2) is 30.8 Å². The van der Waals surface area contributed by atoms with E-state index in [2.05, 4.69) is 10.6 Å². The largest absolute Gasteiger partial charge is 0.374 e. The third kappa shape index (κ3) is 8.01. The molecule has 1 unspecified atom stereocenters. The molecule has 0 saturated carbocycles. The molecule has 0 aliphatic carbocycles. The molecule has 1 amide bonds. The number of amides is 1. The molecular formula is C10H22N2O2. The number of nitrogens with one attached hydrogen (secondary N) is 2. The van der Waals surface area contributed by atoms with E-state index in [1.807, 2.05) is 27.8 Å². The van der Waals surface area contributed by atoms with Gasteiger partial charge in [0.1, 0.15) is 6.23 Å². The zero-order valence-electron chi connectivity index (χ0n) is 9.55. The molecule has 0 saturated heterocycles. The highest BCUT2D eigenvalue weighted by molar-refractivity contribution is 5.76. The number of hydrogen-bond acceptors (Lipinski definition) is 3. The normalized spacial score (nSPS) is 13.8. The monoisotopic (exact) mass is 202 g/mol. The van der Waals surface area contributed by atoms with Crippen LogP contribution in [0.4, 0.5) is 0 Å². The first kappa shape index (κ1) is 13.4. The van der Waals surface area contributed by atoms with Gasteiger partial charge in [0.25, 0.3) is 0 Å². The minimum atomic E-state index is -0.739. The van der Waals surface area contributed by atoms with Gasteiger partial charge in [-0.25, -0.2) is 0 Å². The van der Waals surface area contributed by atoms with Crippen molar-refractivity contribution < 1.29 is 9.90 Å². The van der Waals surface area contributed by atoms with Crippen molar-refractivity contribution in [1.29, 1.82) is 0 Å². The fraction of sp³-hybridized carbons (Fsp3) is 0.900. The predicted molar refractivity (Wildman–Crippen MR) is 56.8 cm³/mol. The molecule has 0 aliphatic rings. The first-order chi connectivity index (χ1) is 6.35. The quantitative estimate of drug-likeness (QED) is 0.568. The summed E-state index contributed by atoms with van der Waals surface area (Å²) in [4.78, 5) is 11.3. The van der Waals surface area contributed by atoms with Gasteiger partial charge >= 0.3 is 0 Å². The van der Waals surface area contributed by atoms with Gasteiger partial charge in [0, 0.05) is 12.8 Å². The summed E-state index contributed by atoms with van der Waals surface area (Å²) in [7, 11) is 1.81. The molecule has 4 nitrogen and oxygen atoms in total. The van der Waals surface area contributed by atoms with E-state index in [0.29, 0.717) is 19.4 Å². The molecule has 0 fully saturated rings. The third-order valence-corrected chi connectivity index (χ3v) is 1.69. The molecule has 0 aromatic heterocycles. The summed E-state index contributed by atoms with van der Waals surface area (Å²) in [5.41, 5.74) is -0.0349. The van der Waals surface area contributed by atoms with Crippen molar-refractivity contribution in [3.8, 4) is 0 Å². The van der Waals surface area contributed by atoms with Crippen molar-refractivity contribution in [3.05, 3.63) is 0 Å². The summed E-state index contributed by atoms with van der Waals surface area (Å²) in [5, 5.41) is 14.8. The summed E-state index contributed by atoms with van der Waals surface area (Å²) < 4.78 is 0. The Kier molecular flexibility index (Phi) is 5.72. The second kappa shape index (κ2) is 5.98. The number of aliphatic hydroxyl groups is 1. The maximum atomic E-state index is 11.3. The van der Waals surface area contributed by atoms with E-state index < -0.39 is 6.23 Å². The van der Waals surface area contributed by atoms with Crippen LogP contribution in [0.25, 0.3) is 0 Å². The average Bonchev–Trinajstić information content (AvgIpc) is 1.96. The van der Waals surface area contributed by atoms with Crippen molar-refractivity contribution in [3.63, 3.8) is 0 Å². The van der Waals surface area contributed by atoms with E-state index in [1.54, 1.807) is 0 Å². The van der Waals surface area contributed by atoms with E-state index in [0.717, 1.165) is 0 Å². The first-order valence-corrected chi connectivity index (χ1v) is 4.97. The molecular weight excluding hydrogens is 180 g/mol. The Morgan fingerprint density at radius 2 is 2.00 bits per heavy atom. The van der Waals surface area contributed by atoms with Crippen LogP contribution in [0, 0.1) is 5.41 Å². The molecule has 1 atom stereocenters. The number of aliphatic hydroxyl groups excluding tert-OH is 1. The molecule has 0 spiro atoms. The van der Waals surface area contributed by atoms with Crippen LogP contribution in [-0.2, 0) is 4.79 Å². The lowest BCUT2D eigenvalue weighted by Crippen LogP contribution is -2.38. The molecule has 84 valence electrons. The highest BCUT2D eigenvalue weighted by atomic mass is 16.3. The van der Waals surface area contributed by atoms with Crippen molar-refractivity contribution in [2.75, 3.05) is 13.6 Å². The van der Waals surface area contributed by atoms with Crippen LogP contribution in [0.15, 0.2) is 0 Å². The minimum Gasteiger partial charge on any atom is -0.374 e. The smallest absolute Gasteiger partial charge is 0.222 e. The van der Waals surface area contributed by atoms with Crippen LogP contribution in [0.1, 0.15) is 33.6 Å². The van der Waals surface area contributed by atoms with Gasteiger partial charge in [-0.3, -0.25) is 4.79 Å². The van der Waals surface area contributed by atoms with Crippen molar-refractivity contribution in [2.45, 2.75) is 39.8 Å². The molecule has 0 heterocycles. The Hall–Kier alpha value is -0.610. The number of hydrogen-bond donors (Lipinski definition) is 3. The number of carbonyl (C=O) groups excluding carboxylic acids is 1. The lowest BCUT2D eigenvalue weighted by Gasteiger charge is -2.19. The molecule has 0 aromatic carbocycles. The van der Waals surface area contributed by atoms with Gasteiger partial charge in [-0.15, -0.1) is 0 Å². The van der Waals surface area contributed by atoms with Crippen molar-refractivity contribution in [2.24, 2.45) is 5.41 Å². The van der Waals surface area contributed by atoms with Gasteiger partial charge in [0.2, 0.25) is 5.91 Å². The highest BCUT2D eigenvalue weighted by Gasteiger charge is 2.17. The van der Waals surface area contributed by atoms with E-state index >= 15 is 0 Å². The Morgan fingerprint density at radius 3 is 2.43 bits per heavy atom. The van der Waals surface area contributed by atoms with Crippen LogP contribution in [0.2, 0.25) is 0 Å². The topological polar surface area (TPSA) is 61.4 Å². The molecule has 0 bridgehead atoms. The standard InChI is InChI=1S/C10H22N2O2/c1-10(2,3)7-9(14)12-8(13)5-6-11-4/h8,11,13H,5-7H2,1-4H3,(H,12,14). The lowest BCUT2D eigenvalue weighted by molar-refractivity contribution is -0.125. The van der Waals surface area contributed by atoms with Crippen molar-refractivity contribution >= 4 is 5.91 Å². The van der Waals surface area contributed by atoms with E-state index in [1.165, 1.54) is 0 Å². The average molecular weight is 202 g/mol. The first-order valence-electron chi connectivity index (χ1n) is 4.97. The summed E-state index contributed by atoms with van der Waals surface area (Å²) in [6.07, 6.45) is 0.230. The fourth-order valence-electron chi connectivity index (χ4n) is 1.07. The fourth-order valence-corrected chi connectivity index (χ4v) is 1.07. The minimum absolute atomic E-state index is 0.0349. The predicted octanol–water partition coefficient (Wildman–Crippen LogP) is 0.467. The van der Waals surface area contributed by atoms with Gasteiger partial charge in [-0.2, -0.15) is 0 Å². The van der Waals surface area contributed by atoms with Gasteiger partial charge < -0.3 is 15.7 Å². The Labute approximate surface area is 86.1 Å². The van der Waals surface area contributed by atoms with E-state index in [9.17, 15) is 9.90 Å². The van der Waals surface area contributed by atoms with Crippen LogP contribution in [0.3, 0.4) is 0 Å². The van der Waals surface area contributed by atoms with Gasteiger partial charge in [-0.1, -0.05) is 20.8 Å². The maximum absolute atomic E-state index is 11.3. The molecule has 4 heteroatoms. The van der Waals surface area contributed by atoms with Crippen LogP contribution >= 0.6 is 0 Å². The van der Waals surface area contributed by atoms with Gasteiger partial charge in [0.05, 0.1) is 0 Å². The number of rotatable bonds is 5. The highest BCUT2D eigenvalue weighted by Crippen LogP contribution is 2.17. The summed E-state index contributed by atoms with van der Waals surface area (Å²) >= 11 is 0. The second-order valence-corrected chi connectivity index (χ2v) is 4.71. The van der Waals surface area contributed by atoms with Gasteiger partial charge in [-0.05, 0) is 19.0 Å². The summed E-state index contributed by atoms with van der Waals surface area (Å²) in [6.45, 7) is 6.67. The number of carbonyl (C=O) groups is 1. The lowest BCUT2D eigenvalue weighted by atomic mass is 9.92. The molecule has 0 rings (SSSR count). The zero-order valence-corrected chi connectivity index (χ0v) is 9.55. The van der Waals surface area contributed by atoms with Crippen LogP contribution in [0.5, 0.6) is 0 Å². The van der Waals surface area contributed by atoms with E-state index in [-0.39, 0.29) is 11.3 Å². The Balaban J connectivity index is 3.71. The van der Waals surface area contributed by atoms with Gasteiger partial charge in [0.15, 0.2) is 0 Å². The third-order valence-electron chi connectivity index (χ3n) is 1.69. The molecule has 0 radical (unpaired) electrons. The summed E-state index contributed by atoms with van der Waals surface area (Å²) in [6, 6.07) is 0. The molecule has 0 aromatic rings. The Bertz CT molecular complexity index is 175. The summed E-state index contributed by atoms with van der Waals surface area (Å²) in [5.74, 6) is -0.0962. The maximum Gasteiger partial charge on any atom is 0.222 e. The molecule has 0 aliphatic heterocycles. The van der Waals surface area contributed by atoms with E-state index in [4.69, 9.17) is 0 Å². The van der Waals surface area contributed by atoms with Crippen LogP contribution < -0.4 is 10.6 Å².